The fourth-order valence-electron chi connectivity index (χ4n) is 1.21. The first-order chi connectivity index (χ1) is 7.78. The zero-order valence-corrected chi connectivity index (χ0v) is 10.8. The van der Waals surface area contributed by atoms with Gasteiger partial charge in [-0.3, -0.25) is 4.79 Å². The van der Waals surface area contributed by atoms with E-state index in [9.17, 15) is 4.79 Å². The average Bonchev–Trinajstić information content (AvgIpc) is 2.21. The molecule has 4 nitrogen and oxygen atoms in total. The van der Waals surface area contributed by atoms with Crippen LogP contribution in [0, 0.1) is 28.1 Å². The molecule has 0 aliphatic heterocycles. The average molecular weight is 234 g/mol. The van der Waals surface area contributed by atoms with Crippen molar-refractivity contribution in [2.45, 2.75) is 46.1 Å². The molecule has 0 spiro atoms. The highest BCUT2D eigenvalue weighted by Gasteiger charge is 2.34. The minimum absolute atomic E-state index is 0.207. The Labute approximate surface area is 102 Å². The van der Waals surface area contributed by atoms with E-state index in [1.807, 2.05) is 12.1 Å². The number of carbonyl (C=O) groups is 1. The van der Waals surface area contributed by atoms with Gasteiger partial charge in [-0.1, -0.05) is 12.2 Å². The Morgan fingerprint density at radius 2 is 1.82 bits per heavy atom. The van der Waals surface area contributed by atoms with E-state index in [4.69, 9.17) is 15.3 Å². The smallest absolute Gasteiger partial charge is 0.309 e. The molecule has 0 aromatic carbocycles. The highest BCUT2D eigenvalue weighted by atomic mass is 16.6. The van der Waals surface area contributed by atoms with E-state index in [0.717, 1.165) is 0 Å². The van der Waals surface area contributed by atoms with Gasteiger partial charge in [0.25, 0.3) is 0 Å². The molecule has 0 aromatic rings. The Balaban J connectivity index is 4.74. The monoisotopic (exact) mass is 234 g/mol. The van der Waals surface area contributed by atoms with Crippen LogP contribution >= 0.6 is 0 Å². The molecule has 0 unspecified atom stereocenters. The summed E-state index contributed by atoms with van der Waals surface area (Å²) in [6.07, 6.45) is 3.48. The Kier molecular flexibility index (Phi) is 5.41. The summed E-state index contributed by atoms with van der Waals surface area (Å²) in [6.45, 7) is 7.04. The molecule has 0 radical (unpaired) electrons. The van der Waals surface area contributed by atoms with Crippen molar-refractivity contribution in [3.63, 3.8) is 0 Å². The second-order valence-corrected chi connectivity index (χ2v) is 4.84. The Morgan fingerprint density at radius 1 is 1.29 bits per heavy atom. The molecule has 0 aliphatic carbocycles. The highest BCUT2D eigenvalue weighted by molar-refractivity contribution is 5.72. The summed E-state index contributed by atoms with van der Waals surface area (Å²) in [6, 6.07) is 3.81. The van der Waals surface area contributed by atoms with E-state index in [0.29, 0.717) is 0 Å². The van der Waals surface area contributed by atoms with Crippen molar-refractivity contribution in [2.75, 3.05) is 0 Å². The predicted molar refractivity (Wildman–Crippen MR) is 63.6 cm³/mol. The van der Waals surface area contributed by atoms with Gasteiger partial charge in [-0.15, -0.1) is 0 Å². The van der Waals surface area contributed by atoms with Crippen molar-refractivity contribution < 1.29 is 9.53 Å². The second-order valence-electron chi connectivity index (χ2n) is 4.84. The van der Waals surface area contributed by atoms with Gasteiger partial charge in [0.2, 0.25) is 0 Å². The molecule has 0 atom stereocenters. The zero-order valence-electron chi connectivity index (χ0n) is 10.8. The summed E-state index contributed by atoms with van der Waals surface area (Å²) in [5.74, 6) is -0.523. The van der Waals surface area contributed by atoms with E-state index in [1.54, 1.807) is 39.8 Å². The summed E-state index contributed by atoms with van der Waals surface area (Å²) in [7, 11) is 0. The van der Waals surface area contributed by atoms with Crippen LogP contribution in [0.2, 0.25) is 0 Å². The minimum Gasteiger partial charge on any atom is -0.460 e. The largest absolute Gasteiger partial charge is 0.460 e. The Hall–Kier alpha value is -1.81. The number of carbonyl (C=O) groups excluding carboxylic acids is 1. The van der Waals surface area contributed by atoms with Gasteiger partial charge in [-0.05, 0) is 34.1 Å². The molecule has 0 saturated heterocycles. The summed E-state index contributed by atoms with van der Waals surface area (Å²) in [4.78, 5) is 11.6. The normalized spacial score (nSPS) is 11.9. The highest BCUT2D eigenvalue weighted by Crippen LogP contribution is 2.27. The number of ether oxygens (including phenoxy) is 1. The maximum absolute atomic E-state index is 11.6. The Bertz CT molecular complexity index is 364. The number of hydrogen-bond donors (Lipinski definition) is 0. The van der Waals surface area contributed by atoms with Crippen LogP contribution in [-0.4, -0.2) is 11.6 Å². The van der Waals surface area contributed by atoms with Gasteiger partial charge in [-0.25, -0.2) is 0 Å². The maximum Gasteiger partial charge on any atom is 0.309 e. The lowest BCUT2D eigenvalue weighted by atomic mass is 9.84. The first-order valence-electron chi connectivity index (χ1n) is 5.44. The summed E-state index contributed by atoms with van der Waals surface area (Å²) in [5, 5.41) is 18.1. The van der Waals surface area contributed by atoms with Crippen molar-refractivity contribution >= 4 is 5.97 Å². The molecular formula is C13H18N2O2. The van der Waals surface area contributed by atoms with Crippen LogP contribution in [0.5, 0.6) is 0 Å². The number of nitrogens with zero attached hydrogens (tertiary/aromatic N) is 2. The third-order valence-electron chi connectivity index (χ3n) is 2.00. The lowest BCUT2D eigenvalue weighted by Gasteiger charge is -2.22. The number of nitriles is 2. The topological polar surface area (TPSA) is 73.9 Å². The number of allylic oxidation sites excluding steroid dienone is 2. The van der Waals surface area contributed by atoms with Gasteiger partial charge < -0.3 is 4.74 Å². The maximum atomic E-state index is 11.6. The van der Waals surface area contributed by atoms with Crippen LogP contribution in [0.1, 0.15) is 40.5 Å². The van der Waals surface area contributed by atoms with Crippen LogP contribution in [0.4, 0.5) is 0 Å². The molecular weight excluding hydrogens is 216 g/mol. The molecule has 0 amide bonds. The van der Waals surface area contributed by atoms with E-state index >= 15 is 0 Å². The molecule has 0 N–H and O–H groups in total. The standard InChI is InChI=1S/C13H18N2O2/c1-5-6-7-13(9-14,10-15)8-11(16)17-12(2,3)4/h5-6H,7-8H2,1-4H3/b6-5+. The molecule has 4 heteroatoms. The zero-order chi connectivity index (χ0) is 13.5. The van der Waals surface area contributed by atoms with E-state index < -0.39 is 17.0 Å². The quantitative estimate of drug-likeness (QED) is 0.553. The molecule has 0 fully saturated rings. The lowest BCUT2D eigenvalue weighted by molar-refractivity contribution is -0.156. The van der Waals surface area contributed by atoms with Gasteiger partial charge in [0.1, 0.15) is 5.60 Å². The van der Waals surface area contributed by atoms with Crippen LogP contribution in [-0.2, 0) is 9.53 Å². The molecule has 0 aliphatic rings. The number of esters is 1. The summed E-state index contributed by atoms with van der Waals surface area (Å²) < 4.78 is 5.11. The van der Waals surface area contributed by atoms with Crippen LogP contribution in [0.3, 0.4) is 0 Å². The van der Waals surface area contributed by atoms with Gasteiger partial charge in [0.05, 0.1) is 18.6 Å². The molecule has 0 aromatic heterocycles. The van der Waals surface area contributed by atoms with E-state index in [-0.39, 0.29) is 12.8 Å². The third kappa shape index (κ3) is 5.73. The van der Waals surface area contributed by atoms with Crippen molar-refractivity contribution in [1.29, 1.82) is 10.5 Å². The lowest BCUT2D eigenvalue weighted by Crippen LogP contribution is -2.28. The predicted octanol–water partition coefficient (Wildman–Crippen LogP) is 2.72. The van der Waals surface area contributed by atoms with Crippen molar-refractivity contribution in [2.24, 2.45) is 5.41 Å². The van der Waals surface area contributed by atoms with Gasteiger partial charge >= 0.3 is 5.97 Å². The second kappa shape index (κ2) is 6.06. The Morgan fingerprint density at radius 3 is 2.18 bits per heavy atom. The van der Waals surface area contributed by atoms with Crippen molar-refractivity contribution in [1.82, 2.24) is 0 Å². The summed E-state index contributed by atoms with van der Waals surface area (Å²) >= 11 is 0. The van der Waals surface area contributed by atoms with Crippen molar-refractivity contribution in [3.8, 4) is 12.1 Å². The first-order valence-corrected chi connectivity index (χ1v) is 5.44. The van der Waals surface area contributed by atoms with Gasteiger partial charge in [-0.2, -0.15) is 10.5 Å². The van der Waals surface area contributed by atoms with Crippen molar-refractivity contribution in [3.05, 3.63) is 12.2 Å². The van der Waals surface area contributed by atoms with Gasteiger partial charge in [0.15, 0.2) is 5.41 Å². The number of hydrogen-bond acceptors (Lipinski definition) is 4. The summed E-state index contributed by atoms with van der Waals surface area (Å²) in [5.41, 5.74) is -1.93. The first kappa shape index (κ1) is 15.2. The molecule has 0 bridgehead atoms. The third-order valence-corrected chi connectivity index (χ3v) is 2.00. The van der Waals surface area contributed by atoms with Crippen LogP contribution in [0.15, 0.2) is 12.2 Å². The van der Waals surface area contributed by atoms with E-state index in [1.165, 1.54) is 0 Å². The molecule has 0 heterocycles. The van der Waals surface area contributed by atoms with Crippen LogP contribution in [0.25, 0.3) is 0 Å². The number of rotatable bonds is 4. The molecule has 17 heavy (non-hydrogen) atoms. The molecule has 0 saturated carbocycles. The fourth-order valence-corrected chi connectivity index (χ4v) is 1.21. The van der Waals surface area contributed by atoms with Crippen LogP contribution < -0.4 is 0 Å². The molecule has 0 rings (SSSR count). The van der Waals surface area contributed by atoms with Gasteiger partial charge in [0, 0.05) is 0 Å². The minimum atomic E-state index is -1.32. The van der Waals surface area contributed by atoms with E-state index in [2.05, 4.69) is 0 Å². The SMILES string of the molecule is C/C=C/CC(C#N)(C#N)CC(=O)OC(C)(C)C. The fraction of sp³-hybridized carbons (Fsp3) is 0.615. The molecule has 92 valence electrons.